The second-order valence-electron chi connectivity index (χ2n) is 5.05. The molecular formula is C15H19ClFNO3. The number of methoxy groups -OCH3 is 1. The fourth-order valence-electron chi connectivity index (χ4n) is 2.31. The van der Waals surface area contributed by atoms with Crippen LogP contribution in [0.1, 0.15) is 12.0 Å². The Morgan fingerprint density at radius 3 is 3.00 bits per heavy atom. The second-order valence-corrected chi connectivity index (χ2v) is 5.46. The lowest BCUT2D eigenvalue weighted by Gasteiger charge is -2.25. The summed E-state index contributed by atoms with van der Waals surface area (Å²) in [4.78, 5) is 14.2. The predicted molar refractivity (Wildman–Crippen MR) is 77.6 cm³/mol. The van der Waals surface area contributed by atoms with Crippen molar-refractivity contribution in [3.05, 3.63) is 34.6 Å². The molecule has 2 rings (SSSR count). The highest BCUT2D eigenvalue weighted by Gasteiger charge is 2.28. The third-order valence-corrected chi connectivity index (χ3v) is 3.88. The largest absolute Gasteiger partial charge is 0.383 e. The Kier molecular flexibility index (Phi) is 5.96. The van der Waals surface area contributed by atoms with Crippen molar-refractivity contribution in [2.45, 2.75) is 13.0 Å². The number of amides is 1. The van der Waals surface area contributed by atoms with Gasteiger partial charge in [-0.2, -0.15) is 0 Å². The topological polar surface area (TPSA) is 38.8 Å². The molecular weight excluding hydrogens is 297 g/mol. The first kappa shape index (κ1) is 16.2. The van der Waals surface area contributed by atoms with Crippen LogP contribution in [0.15, 0.2) is 18.2 Å². The molecule has 0 aromatic heterocycles. The number of ether oxygens (including phenoxy) is 2. The molecule has 1 aromatic rings. The van der Waals surface area contributed by atoms with E-state index < -0.39 is 0 Å². The van der Waals surface area contributed by atoms with E-state index in [1.54, 1.807) is 18.1 Å². The normalized spacial score (nSPS) is 18.0. The van der Waals surface area contributed by atoms with E-state index in [0.717, 1.165) is 12.0 Å². The summed E-state index contributed by atoms with van der Waals surface area (Å²) in [5.41, 5.74) is 0.724. The molecule has 21 heavy (non-hydrogen) atoms. The highest BCUT2D eigenvalue weighted by atomic mass is 35.5. The predicted octanol–water partition coefficient (Wildman–Crippen LogP) is 2.49. The highest BCUT2D eigenvalue weighted by molar-refractivity contribution is 6.31. The van der Waals surface area contributed by atoms with Crippen molar-refractivity contribution in [3.63, 3.8) is 0 Å². The van der Waals surface area contributed by atoms with Gasteiger partial charge in [0.15, 0.2) is 0 Å². The van der Waals surface area contributed by atoms with Crippen molar-refractivity contribution < 1.29 is 18.7 Å². The van der Waals surface area contributed by atoms with Gasteiger partial charge in [-0.1, -0.05) is 17.7 Å². The monoisotopic (exact) mass is 315 g/mol. The van der Waals surface area contributed by atoms with Crippen LogP contribution in [0.3, 0.4) is 0 Å². The smallest absolute Gasteiger partial charge is 0.228 e. The summed E-state index contributed by atoms with van der Waals surface area (Å²) < 4.78 is 23.4. The van der Waals surface area contributed by atoms with Crippen LogP contribution in [-0.2, 0) is 20.8 Å². The Morgan fingerprint density at radius 2 is 2.38 bits per heavy atom. The Hall–Kier alpha value is -1.17. The van der Waals surface area contributed by atoms with Crippen molar-refractivity contribution in [3.8, 4) is 0 Å². The molecule has 0 saturated carbocycles. The van der Waals surface area contributed by atoms with Gasteiger partial charge in [-0.15, -0.1) is 0 Å². The van der Waals surface area contributed by atoms with Gasteiger partial charge in [0, 0.05) is 31.8 Å². The zero-order chi connectivity index (χ0) is 15.2. The van der Waals surface area contributed by atoms with Gasteiger partial charge in [0.25, 0.3) is 0 Å². The van der Waals surface area contributed by atoms with Gasteiger partial charge in [0.05, 0.1) is 19.1 Å². The van der Waals surface area contributed by atoms with E-state index in [2.05, 4.69) is 0 Å². The van der Waals surface area contributed by atoms with Gasteiger partial charge in [-0.3, -0.25) is 4.79 Å². The first-order valence-electron chi connectivity index (χ1n) is 6.91. The molecule has 0 radical (unpaired) electrons. The van der Waals surface area contributed by atoms with Gasteiger partial charge in [-0.05, 0) is 24.1 Å². The number of nitrogens with zero attached hydrogens (tertiary/aromatic N) is 1. The van der Waals surface area contributed by atoms with E-state index in [1.165, 1.54) is 12.1 Å². The Balaban J connectivity index is 2.09. The Morgan fingerprint density at radius 1 is 1.57 bits per heavy atom. The molecule has 1 unspecified atom stereocenters. The number of halogens is 2. The lowest BCUT2D eigenvalue weighted by atomic mass is 10.1. The van der Waals surface area contributed by atoms with Crippen molar-refractivity contribution in [2.75, 3.05) is 33.5 Å². The third-order valence-electron chi connectivity index (χ3n) is 3.53. The zero-order valence-corrected chi connectivity index (χ0v) is 12.7. The summed E-state index contributed by atoms with van der Waals surface area (Å²) in [6.45, 7) is 2.33. The second kappa shape index (κ2) is 7.73. The molecule has 0 aliphatic carbocycles. The molecule has 6 heteroatoms. The quantitative estimate of drug-likeness (QED) is 0.809. The van der Waals surface area contributed by atoms with Crippen molar-refractivity contribution in [1.29, 1.82) is 0 Å². The molecule has 1 fully saturated rings. The molecule has 1 aliphatic rings. The first-order valence-corrected chi connectivity index (χ1v) is 7.29. The van der Waals surface area contributed by atoms with Crippen LogP contribution < -0.4 is 0 Å². The van der Waals surface area contributed by atoms with Gasteiger partial charge >= 0.3 is 0 Å². The maximum Gasteiger partial charge on any atom is 0.228 e. The van der Waals surface area contributed by atoms with Gasteiger partial charge in [0.2, 0.25) is 5.91 Å². The molecule has 1 aliphatic heterocycles. The molecule has 0 spiro atoms. The minimum atomic E-state index is -0.386. The number of benzene rings is 1. The van der Waals surface area contributed by atoms with Gasteiger partial charge in [0.1, 0.15) is 5.82 Å². The minimum Gasteiger partial charge on any atom is -0.383 e. The number of carbonyl (C=O) groups excluding carboxylic acids is 1. The zero-order valence-electron chi connectivity index (χ0n) is 12.0. The van der Waals surface area contributed by atoms with Crippen LogP contribution in [0.4, 0.5) is 4.39 Å². The van der Waals surface area contributed by atoms with Gasteiger partial charge < -0.3 is 14.4 Å². The van der Waals surface area contributed by atoms with Crippen LogP contribution in [0, 0.1) is 11.7 Å². The molecule has 1 heterocycles. The van der Waals surface area contributed by atoms with E-state index in [9.17, 15) is 9.18 Å². The summed E-state index contributed by atoms with van der Waals surface area (Å²) in [5.74, 6) is -0.464. The average molecular weight is 316 g/mol. The number of hydrogen-bond donors (Lipinski definition) is 0. The molecule has 0 bridgehead atoms. The standard InChI is InChI=1S/C15H19ClFNO3/c1-20-7-5-18(15(19)12-4-6-21-10-12)9-11-2-3-13(17)8-14(11)16/h2-3,8,12H,4-7,9-10H2,1H3. The number of hydrogen-bond acceptors (Lipinski definition) is 3. The molecule has 0 N–H and O–H groups in total. The molecule has 116 valence electrons. The van der Waals surface area contributed by atoms with E-state index in [1.807, 2.05) is 0 Å². The fourth-order valence-corrected chi connectivity index (χ4v) is 2.54. The number of rotatable bonds is 6. The third kappa shape index (κ3) is 4.40. The van der Waals surface area contributed by atoms with E-state index >= 15 is 0 Å². The molecule has 1 aromatic carbocycles. The minimum absolute atomic E-state index is 0.0324. The van der Waals surface area contributed by atoms with E-state index in [4.69, 9.17) is 21.1 Å². The summed E-state index contributed by atoms with van der Waals surface area (Å²) in [6, 6.07) is 4.21. The molecule has 1 saturated heterocycles. The SMILES string of the molecule is COCCN(Cc1ccc(F)cc1Cl)C(=O)C1CCOC1. The van der Waals surface area contributed by atoms with Crippen LogP contribution in [0.2, 0.25) is 5.02 Å². The lowest BCUT2D eigenvalue weighted by Crippen LogP contribution is -2.38. The highest BCUT2D eigenvalue weighted by Crippen LogP contribution is 2.22. The van der Waals surface area contributed by atoms with Crippen LogP contribution >= 0.6 is 11.6 Å². The van der Waals surface area contributed by atoms with Crippen LogP contribution in [0.5, 0.6) is 0 Å². The van der Waals surface area contributed by atoms with Crippen LogP contribution in [-0.4, -0.2) is 44.3 Å². The van der Waals surface area contributed by atoms with E-state index in [0.29, 0.717) is 37.9 Å². The van der Waals surface area contributed by atoms with Crippen molar-refractivity contribution >= 4 is 17.5 Å². The maximum atomic E-state index is 13.1. The van der Waals surface area contributed by atoms with Crippen molar-refractivity contribution in [1.82, 2.24) is 4.90 Å². The van der Waals surface area contributed by atoms with Crippen LogP contribution in [0.25, 0.3) is 0 Å². The first-order chi connectivity index (χ1) is 10.1. The van der Waals surface area contributed by atoms with Gasteiger partial charge in [-0.25, -0.2) is 4.39 Å². The molecule has 4 nitrogen and oxygen atoms in total. The lowest BCUT2D eigenvalue weighted by molar-refractivity contribution is -0.136. The summed E-state index contributed by atoms with van der Waals surface area (Å²) >= 11 is 6.04. The Bertz CT molecular complexity index is 492. The van der Waals surface area contributed by atoms with Crippen molar-refractivity contribution in [2.24, 2.45) is 5.92 Å². The summed E-state index contributed by atoms with van der Waals surface area (Å²) in [5, 5.41) is 0.327. The average Bonchev–Trinajstić information content (AvgIpc) is 2.99. The maximum absolute atomic E-state index is 13.1. The number of carbonyl (C=O) groups is 1. The summed E-state index contributed by atoms with van der Waals surface area (Å²) in [6.07, 6.45) is 0.736. The molecule has 1 atom stereocenters. The van der Waals surface area contributed by atoms with E-state index in [-0.39, 0.29) is 17.6 Å². The fraction of sp³-hybridized carbons (Fsp3) is 0.533. The molecule has 1 amide bonds. The Labute approximate surface area is 128 Å². The summed E-state index contributed by atoms with van der Waals surface area (Å²) in [7, 11) is 1.59.